The predicted molar refractivity (Wildman–Crippen MR) is 86.5 cm³/mol. The number of rotatable bonds is 4. The van der Waals surface area contributed by atoms with Crippen LogP contribution in [0.15, 0.2) is 36.4 Å². The zero-order valence-corrected chi connectivity index (χ0v) is 13.3. The van der Waals surface area contributed by atoms with Crippen LogP contribution in [0.4, 0.5) is 14.5 Å². The molecule has 0 spiro atoms. The number of hydrogen-bond donors (Lipinski definition) is 1. The van der Waals surface area contributed by atoms with Gasteiger partial charge in [0.15, 0.2) is 11.5 Å². The second kappa shape index (κ2) is 6.33. The molecule has 0 saturated carbocycles. The maximum atomic E-state index is 13.9. The van der Waals surface area contributed by atoms with Crippen molar-refractivity contribution in [1.29, 1.82) is 0 Å². The maximum absolute atomic E-state index is 13.9. The summed E-state index contributed by atoms with van der Waals surface area (Å²) < 4.78 is 38.6. The van der Waals surface area contributed by atoms with Crippen LogP contribution >= 0.6 is 0 Å². The van der Waals surface area contributed by atoms with Crippen LogP contribution in [0, 0.1) is 11.6 Å². The van der Waals surface area contributed by atoms with Gasteiger partial charge in [0, 0.05) is 18.7 Å². The van der Waals surface area contributed by atoms with E-state index in [0.29, 0.717) is 24.5 Å². The number of nitrogens with zero attached hydrogens (tertiary/aromatic N) is 1. The number of carbonyl (C=O) groups is 1. The van der Waals surface area contributed by atoms with Gasteiger partial charge in [-0.2, -0.15) is 0 Å². The Balaban J connectivity index is 1.47. The van der Waals surface area contributed by atoms with Crippen LogP contribution < -0.4 is 19.7 Å². The third-order valence-electron chi connectivity index (χ3n) is 4.43. The number of halogens is 2. The van der Waals surface area contributed by atoms with Crippen LogP contribution in [0.5, 0.6) is 11.5 Å². The standard InChI is InChI=1S/C18H16F2N2O3/c19-12-4-2-5-13(20)16(12)22-8-7-14(18(22)23)21-9-11-3-1-6-15-17(11)25-10-24-15/h1-6,14,21H,7-10H2/t14-/m0/s1. The normalized spacial score (nSPS) is 18.9. The van der Waals surface area contributed by atoms with Gasteiger partial charge in [-0.25, -0.2) is 8.78 Å². The molecule has 0 bridgehead atoms. The SMILES string of the molecule is O=C1[C@@H](NCc2cccc3c2OCO3)CCN1c1c(F)cccc1F. The van der Waals surface area contributed by atoms with Gasteiger partial charge in [-0.3, -0.25) is 4.79 Å². The summed E-state index contributed by atoms with van der Waals surface area (Å²) in [4.78, 5) is 13.7. The summed E-state index contributed by atoms with van der Waals surface area (Å²) in [6.07, 6.45) is 0.471. The van der Waals surface area contributed by atoms with Gasteiger partial charge in [-0.15, -0.1) is 0 Å². The minimum atomic E-state index is -0.736. The lowest BCUT2D eigenvalue weighted by atomic mass is 10.1. The second-order valence-corrected chi connectivity index (χ2v) is 5.93. The van der Waals surface area contributed by atoms with Crippen LogP contribution in [0.2, 0.25) is 0 Å². The van der Waals surface area contributed by atoms with Gasteiger partial charge in [0.2, 0.25) is 12.7 Å². The Morgan fingerprint density at radius 2 is 1.88 bits per heavy atom. The highest BCUT2D eigenvalue weighted by atomic mass is 19.1. The van der Waals surface area contributed by atoms with Crippen molar-refractivity contribution in [1.82, 2.24) is 5.32 Å². The van der Waals surface area contributed by atoms with Gasteiger partial charge < -0.3 is 19.7 Å². The fourth-order valence-electron chi connectivity index (χ4n) is 3.20. The average Bonchev–Trinajstić information content (AvgIpc) is 3.21. The first-order valence-electron chi connectivity index (χ1n) is 8.01. The summed E-state index contributed by atoms with van der Waals surface area (Å²) in [5.41, 5.74) is 0.590. The fraction of sp³-hybridized carbons (Fsp3) is 0.278. The number of anilines is 1. The number of nitrogens with one attached hydrogen (secondary N) is 1. The molecule has 2 aromatic carbocycles. The van der Waals surface area contributed by atoms with E-state index in [-0.39, 0.29) is 24.9 Å². The van der Waals surface area contributed by atoms with Gasteiger partial charge >= 0.3 is 0 Å². The van der Waals surface area contributed by atoms with E-state index in [1.807, 2.05) is 18.2 Å². The fourth-order valence-corrected chi connectivity index (χ4v) is 3.20. The summed E-state index contributed by atoms with van der Waals surface area (Å²) >= 11 is 0. The summed E-state index contributed by atoms with van der Waals surface area (Å²) in [5.74, 6) is -0.473. The largest absolute Gasteiger partial charge is 0.454 e. The van der Waals surface area contributed by atoms with Crippen LogP contribution in [0.3, 0.4) is 0 Å². The number of fused-ring (bicyclic) bond motifs is 1. The summed E-state index contributed by atoms with van der Waals surface area (Å²) in [6.45, 7) is 0.840. The molecule has 1 amide bonds. The highest BCUT2D eigenvalue weighted by Crippen LogP contribution is 2.35. The lowest BCUT2D eigenvalue weighted by Crippen LogP contribution is -2.38. The molecule has 1 fully saturated rings. The predicted octanol–water partition coefficient (Wildman–Crippen LogP) is 2.59. The van der Waals surface area contributed by atoms with E-state index < -0.39 is 17.7 Å². The van der Waals surface area contributed by atoms with Crippen LogP contribution in [0.1, 0.15) is 12.0 Å². The summed E-state index contributed by atoms with van der Waals surface area (Å²) in [6, 6.07) is 8.62. The first-order chi connectivity index (χ1) is 12.1. The highest BCUT2D eigenvalue weighted by molar-refractivity contribution is 5.99. The molecule has 1 N–H and O–H groups in total. The molecule has 2 aliphatic heterocycles. The lowest BCUT2D eigenvalue weighted by Gasteiger charge is -2.18. The van der Waals surface area contributed by atoms with Crippen LogP contribution in [0.25, 0.3) is 0 Å². The zero-order valence-electron chi connectivity index (χ0n) is 13.3. The van der Waals surface area contributed by atoms with E-state index in [9.17, 15) is 13.6 Å². The molecular formula is C18H16F2N2O3. The third kappa shape index (κ3) is 2.80. The van der Waals surface area contributed by atoms with Crippen molar-refractivity contribution in [2.75, 3.05) is 18.2 Å². The molecule has 4 rings (SSSR count). The van der Waals surface area contributed by atoms with Crippen molar-refractivity contribution in [3.8, 4) is 11.5 Å². The number of para-hydroxylation sites is 2. The van der Waals surface area contributed by atoms with Gasteiger partial charge in [-0.05, 0) is 24.6 Å². The quantitative estimate of drug-likeness (QED) is 0.925. The van der Waals surface area contributed by atoms with Crippen molar-refractivity contribution in [2.24, 2.45) is 0 Å². The first-order valence-corrected chi connectivity index (χ1v) is 8.01. The molecule has 25 heavy (non-hydrogen) atoms. The number of hydrogen-bond acceptors (Lipinski definition) is 4. The minimum Gasteiger partial charge on any atom is -0.454 e. The van der Waals surface area contributed by atoms with E-state index in [2.05, 4.69) is 5.32 Å². The van der Waals surface area contributed by atoms with Gasteiger partial charge in [-0.1, -0.05) is 18.2 Å². The average molecular weight is 346 g/mol. The van der Waals surface area contributed by atoms with Crippen molar-refractivity contribution >= 4 is 11.6 Å². The molecule has 2 aliphatic rings. The van der Waals surface area contributed by atoms with E-state index in [1.165, 1.54) is 6.07 Å². The monoisotopic (exact) mass is 346 g/mol. The smallest absolute Gasteiger partial charge is 0.244 e. The highest BCUT2D eigenvalue weighted by Gasteiger charge is 2.35. The number of ether oxygens (including phenoxy) is 2. The Kier molecular flexibility index (Phi) is 4.01. The number of carbonyl (C=O) groups excluding carboxylic acids is 1. The van der Waals surface area contributed by atoms with Crippen LogP contribution in [-0.2, 0) is 11.3 Å². The molecule has 1 atom stereocenters. The number of benzene rings is 2. The molecule has 130 valence electrons. The Morgan fingerprint density at radius 3 is 2.68 bits per heavy atom. The van der Waals surface area contributed by atoms with E-state index in [1.54, 1.807) is 0 Å². The summed E-state index contributed by atoms with van der Waals surface area (Å²) in [5, 5.41) is 3.14. The summed E-state index contributed by atoms with van der Waals surface area (Å²) in [7, 11) is 0. The van der Waals surface area contributed by atoms with Gasteiger partial charge in [0.1, 0.15) is 17.3 Å². The second-order valence-electron chi connectivity index (χ2n) is 5.93. The molecule has 0 aromatic heterocycles. The van der Waals surface area contributed by atoms with Crippen molar-refractivity contribution < 1.29 is 23.0 Å². The van der Waals surface area contributed by atoms with Crippen molar-refractivity contribution in [2.45, 2.75) is 19.0 Å². The lowest BCUT2D eigenvalue weighted by molar-refractivity contribution is -0.118. The molecule has 0 unspecified atom stereocenters. The van der Waals surface area contributed by atoms with Crippen molar-refractivity contribution in [3.05, 3.63) is 53.6 Å². The minimum absolute atomic E-state index is 0.176. The van der Waals surface area contributed by atoms with E-state index in [4.69, 9.17) is 9.47 Å². The number of amides is 1. The molecule has 0 radical (unpaired) electrons. The van der Waals surface area contributed by atoms with Gasteiger partial charge in [0.25, 0.3) is 0 Å². The molecule has 7 heteroatoms. The van der Waals surface area contributed by atoms with Gasteiger partial charge in [0.05, 0.1) is 6.04 Å². The maximum Gasteiger partial charge on any atom is 0.244 e. The Labute approximate surface area is 143 Å². The Hall–Kier alpha value is -2.67. The Bertz CT molecular complexity index is 808. The van der Waals surface area contributed by atoms with E-state index >= 15 is 0 Å². The topological polar surface area (TPSA) is 50.8 Å². The van der Waals surface area contributed by atoms with E-state index in [0.717, 1.165) is 22.6 Å². The molecule has 0 aliphatic carbocycles. The zero-order chi connectivity index (χ0) is 17.4. The molecular weight excluding hydrogens is 330 g/mol. The molecule has 1 saturated heterocycles. The first kappa shape index (κ1) is 15.8. The van der Waals surface area contributed by atoms with Crippen molar-refractivity contribution in [3.63, 3.8) is 0 Å². The third-order valence-corrected chi connectivity index (χ3v) is 4.43. The molecule has 2 aromatic rings. The Morgan fingerprint density at radius 1 is 1.12 bits per heavy atom. The van der Waals surface area contributed by atoms with Crippen LogP contribution in [-0.4, -0.2) is 25.3 Å². The molecule has 2 heterocycles. The molecule has 5 nitrogen and oxygen atoms in total.